The topological polar surface area (TPSA) is 95.0 Å². The van der Waals surface area contributed by atoms with Crippen LogP contribution in [0, 0.1) is 0 Å². The Balaban J connectivity index is 1.22. The number of nitrogens with one attached hydrogen (secondary N) is 3. The lowest BCUT2D eigenvalue weighted by atomic mass is 10.1. The van der Waals surface area contributed by atoms with E-state index in [1.54, 1.807) is 18.2 Å². The van der Waals surface area contributed by atoms with Crippen LogP contribution in [-0.2, 0) is 0 Å². The largest absolute Gasteiger partial charge is 0.368 e. The molecule has 0 spiro atoms. The van der Waals surface area contributed by atoms with Crippen LogP contribution in [0.1, 0.15) is 44.7 Å². The number of amidine groups is 1. The lowest BCUT2D eigenvalue weighted by Crippen LogP contribution is -2.19. The summed E-state index contributed by atoms with van der Waals surface area (Å²) in [5, 5.41) is 9.03. The fourth-order valence-electron chi connectivity index (χ4n) is 4.07. The molecule has 0 fully saturated rings. The SMILES string of the molecule is O=C(Nc1ccc(C2=NCCC2)cc1)c1ccc(C(=O)Nc2ccc(C3=NCCN3)cc2)c(Br)c1. The predicted molar refractivity (Wildman–Crippen MR) is 143 cm³/mol. The molecule has 0 aromatic heterocycles. The summed E-state index contributed by atoms with van der Waals surface area (Å²) in [6.45, 7) is 2.51. The van der Waals surface area contributed by atoms with Gasteiger partial charge in [-0.2, -0.15) is 0 Å². The molecular formula is C27H24BrN5O2. The fourth-order valence-corrected chi connectivity index (χ4v) is 4.62. The molecule has 3 aromatic carbocycles. The number of carbonyl (C=O) groups excluding carboxylic acids is 2. The Bertz CT molecular complexity index is 1330. The summed E-state index contributed by atoms with van der Waals surface area (Å²) in [7, 11) is 0. The molecule has 0 saturated heterocycles. The maximum absolute atomic E-state index is 12.8. The Morgan fingerprint density at radius 1 is 0.800 bits per heavy atom. The van der Waals surface area contributed by atoms with Crippen molar-refractivity contribution in [1.29, 1.82) is 0 Å². The highest BCUT2D eigenvalue weighted by atomic mass is 79.9. The molecule has 0 atom stereocenters. The monoisotopic (exact) mass is 529 g/mol. The van der Waals surface area contributed by atoms with Crippen molar-refractivity contribution in [3.63, 3.8) is 0 Å². The predicted octanol–water partition coefficient (Wildman–Crippen LogP) is 4.89. The summed E-state index contributed by atoms with van der Waals surface area (Å²) in [5.41, 5.74) is 5.48. The third-order valence-corrected chi connectivity index (χ3v) is 6.57. The molecular weight excluding hydrogens is 506 g/mol. The average molecular weight is 530 g/mol. The van der Waals surface area contributed by atoms with Gasteiger partial charge in [0.25, 0.3) is 11.8 Å². The van der Waals surface area contributed by atoms with Crippen LogP contribution < -0.4 is 16.0 Å². The number of aliphatic imine (C=N–C) groups is 2. The summed E-state index contributed by atoms with van der Waals surface area (Å²) >= 11 is 3.44. The number of hydrogen-bond acceptors (Lipinski definition) is 5. The van der Waals surface area contributed by atoms with Gasteiger partial charge in [0.05, 0.1) is 12.1 Å². The van der Waals surface area contributed by atoms with Gasteiger partial charge >= 0.3 is 0 Å². The zero-order chi connectivity index (χ0) is 24.2. The van der Waals surface area contributed by atoms with Crippen molar-refractivity contribution in [2.75, 3.05) is 30.3 Å². The quantitative estimate of drug-likeness (QED) is 0.424. The summed E-state index contributed by atoms with van der Waals surface area (Å²) in [6.07, 6.45) is 2.09. The van der Waals surface area contributed by atoms with Crippen LogP contribution >= 0.6 is 15.9 Å². The molecule has 35 heavy (non-hydrogen) atoms. The van der Waals surface area contributed by atoms with Gasteiger partial charge in [-0.05, 0) is 88.9 Å². The van der Waals surface area contributed by atoms with Gasteiger partial charge in [0.2, 0.25) is 0 Å². The summed E-state index contributed by atoms with van der Waals surface area (Å²) in [5.74, 6) is 0.361. The number of nitrogens with zero attached hydrogens (tertiary/aromatic N) is 2. The first-order chi connectivity index (χ1) is 17.1. The minimum atomic E-state index is -0.265. The van der Waals surface area contributed by atoms with Gasteiger partial charge in [0, 0.05) is 45.8 Å². The van der Waals surface area contributed by atoms with Gasteiger partial charge in [0.15, 0.2) is 0 Å². The number of carbonyl (C=O) groups is 2. The van der Waals surface area contributed by atoms with E-state index in [0.29, 0.717) is 27.0 Å². The Labute approximate surface area is 211 Å². The van der Waals surface area contributed by atoms with E-state index in [9.17, 15) is 9.59 Å². The van der Waals surface area contributed by atoms with Crippen molar-refractivity contribution in [2.45, 2.75) is 12.8 Å². The van der Waals surface area contributed by atoms with Crippen LogP contribution in [0.15, 0.2) is 81.2 Å². The van der Waals surface area contributed by atoms with Gasteiger partial charge in [-0.3, -0.25) is 19.6 Å². The molecule has 0 bridgehead atoms. The second-order valence-corrected chi connectivity index (χ2v) is 9.20. The maximum Gasteiger partial charge on any atom is 0.256 e. The third kappa shape index (κ3) is 5.33. The summed E-state index contributed by atoms with van der Waals surface area (Å²) in [6, 6.07) is 20.2. The Hall–Kier alpha value is -3.78. The molecule has 3 aromatic rings. The number of hydrogen-bond donors (Lipinski definition) is 3. The van der Waals surface area contributed by atoms with Crippen molar-refractivity contribution in [3.8, 4) is 0 Å². The zero-order valence-corrected chi connectivity index (χ0v) is 20.6. The van der Waals surface area contributed by atoms with E-state index in [0.717, 1.165) is 55.2 Å². The standard InChI is InChI=1S/C27H24BrN5O2/c28-23-16-19(26(34)32-20-8-3-17(4-9-20)24-2-1-13-29-24)7-12-22(23)27(35)33-21-10-5-18(6-11-21)25-30-14-15-31-25/h3-12,16H,1-2,13-15H2,(H,30,31)(H,32,34)(H,33,35). The number of anilines is 2. The molecule has 2 amide bonds. The van der Waals surface area contributed by atoms with E-state index in [2.05, 4.69) is 41.9 Å². The number of benzene rings is 3. The molecule has 0 aliphatic carbocycles. The highest BCUT2D eigenvalue weighted by Gasteiger charge is 2.15. The average Bonchev–Trinajstić information content (AvgIpc) is 3.60. The lowest BCUT2D eigenvalue weighted by Gasteiger charge is -2.10. The minimum absolute atomic E-state index is 0.248. The molecule has 0 radical (unpaired) electrons. The fraction of sp³-hybridized carbons (Fsp3) is 0.185. The molecule has 5 rings (SSSR count). The highest BCUT2D eigenvalue weighted by Crippen LogP contribution is 2.22. The first-order valence-electron chi connectivity index (χ1n) is 11.5. The van der Waals surface area contributed by atoms with Crippen LogP contribution in [0.2, 0.25) is 0 Å². The van der Waals surface area contributed by atoms with Gasteiger partial charge < -0.3 is 16.0 Å². The number of rotatable bonds is 6. The molecule has 2 aliphatic heterocycles. The Morgan fingerprint density at radius 2 is 1.49 bits per heavy atom. The van der Waals surface area contributed by atoms with Gasteiger partial charge in [0.1, 0.15) is 5.84 Å². The van der Waals surface area contributed by atoms with E-state index in [4.69, 9.17) is 0 Å². The Morgan fingerprint density at radius 3 is 2.09 bits per heavy atom. The van der Waals surface area contributed by atoms with E-state index >= 15 is 0 Å². The van der Waals surface area contributed by atoms with Crippen molar-refractivity contribution >= 4 is 50.7 Å². The van der Waals surface area contributed by atoms with Crippen LogP contribution in [0.3, 0.4) is 0 Å². The third-order valence-electron chi connectivity index (χ3n) is 5.92. The molecule has 8 heteroatoms. The summed E-state index contributed by atoms with van der Waals surface area (Å²) < 4.78 is 0.540. The van der Waals surface area contributed by atoms with Gasteiger partial charge in [-0.15, -0.1) is 0 Å². The first kappa shape index (κ1) is 23.0. The highest BCUT2D eigenvalue weighted by molar-refractivity contribution is 9.10. The summed E-state index contributed by atoms with van der Waals surface area (Å²) in [4.78, 5) is 34.5. The van der Waals surface area contributed by atoms with E-state index in [-0.39, 0.29) is 11.8 Å². The van der Waals surface area contributed by atoms with Crippen molar-refractivity contribution in [3.05, 3.63) is 93.5 Å². The molecule has 0 saturated carbocycles. The van der Waals surface area contributed by atoms with Crippen molar-refractivity contribution in [1.82, 2.24) is 5.32 Å². The second-order valence-electron chi connectivity index (χ2n) is 8.35. The smallest absolute Gasteiger partial charge is 0.256 e. The molecule has 2 heterocycles. The van der Waals surface area contributed by atoms with Crippen molar-refractivity contribution < 1.29 is 9.59 Å². The normalized spacial score (nSPS) is 14.7. The van der Waals surface area contributed by atoms with E-state index in [1.807, 2.05) is 48.5 Å². The van der Waals surface area contributed by atoms with E-state index < -0.39 is 0 Å². The molecule has 176 valence electrons. The van der Waals surface area contributed by atoms with Gasteiger partial charge in [-0.25, -0.2) is 0 Å². The van der Waals surface area contributed by atoms with Crippen LogP contribution in [0.25, 0.3) is 0 Å². The number of amides is 2. The minimum Gasteiger partial charge on any atom is -0.368 e. The molecule has 0 unspecified atom stereocenters. The maximum atomic E-state index is 12.8. The zero-order valence-electron chi connectivity index (χ0n) is 19.0. The molecule has 3 N–H and O–H groups in total. The van der Waals surface area contributed by atoms with Crippen LogP contribution in [0.5, 0.6) is 0 Å². The van der Waals surface area contributed by atoms with Gasteiger partial charge in [-0.1, -0.05) is 12.1 Å². The second kappa shape index (κ2) is 10.2. The van der Waals surface area contributed by atoms with E-state index in [1.165, 1.54) is 0 Å². The van der Waals surface area contributed by atoms with Crippen molar-refractivity contribution in [2.24, 2.45) is 9.98 Å². The first-order valence-corrected chi connectivity index (χ1v) is 12.3. The molecule has 7 nitrogen and oxygen atoms in total. The number of halogens is 1. The lowest BCUT2D eigenvalue weighted by molar-refractivity contribution is 0.101. The molecule has 2 aliphatic rings. The van der Waals surface area contributed by atoms with Crippen LogP contribution in [0.4, 0.5) is 11.4 Å². The van der Waals surface area contributed by atoms with Crippen LogP contribution in [-0.4, -0.2) is 43.0 Å². The Kier molecular flexibility index (Phi) is 6.72.